The van der Waals surface area contributed by atoms with E-state index in [-0.39, 0.29) is 5.91 Å². The maximum absolute atomic E-state index is 11.7. The van der Waals surface area contributed by atoms with Gasteiger partial charge in [-0.25, -0.2) is 0 Å². The number of hydrogen-bond donors (Lipinski definition) is 1. The Kier molecular flexibility index (Phi) is 6.92. The van der Waals surface area contributed by atoms with Crippen LogP contribution in [0.1, 0.15) is 45.4 Å². The number of carbonyl (C=O) groups is 1. The molecule has 100 valence electrons. The molecule has 0 bridgehead atoms. The standard InChI is InChI=1S/C15H23NO2/c1-3-4-5-6-7-8-15(17)16-13-9-11-14(18-2)12-10-13/h9-12H,3-8H2,1-2H3,(H,16,17). The molecule has 1 aromatic carbocycles. The van der Waals surface area contributed by atoms with E-state index in [9.17, 15) is 4.79 Å². The molecule has 0 saturated heterocycles. The largest absolute Gasteiger partial charge is 0.497 e. The Morgan fingerprint density at radius 2 is 1.78 bits per heavy atom. The average Bonchev–Trinajstić information content (AvgIpc) is 2.39. The first-order valence-corrected chi connectivity index (χ1v) is 6.70. The van der Waals surface area contributed by atoms with Crippen molar-refractivity contribution in [3.05, 3.63) is 24.3 Å². The summed E-state index contributed by atoms with van der Waals surface area (Å²) in [7, 11) is 1.63. The highest BCUT2D eigenvalue weighted by molar-refractivity contribution is 5.90. The Morgan fingerprint density at radius 1 is 1.11 bits per heavy atom. The molecule has 1 rings (SSSR count). The molecule has 1 N–H and O–H groups in total. The number of benzene rings is 1. The van der Waals surface area contributed by atoms with Gasteiger partial charge < -0.3 is 10.1 Å². The molecule has 1 aromatic rings. The van der Waals surface area contributed by atoms with Gasteiger partial charge in [0.25, 0.3) is 0 Å². The number of hydrogen-bond acceptors (Lipinski definition) is 2. The molecule has 0 aromatic heterocycles. The van der Waals surface area contributed by atoms with E-state index in [1.165, 1.54) is 19.3 Å². The van der Waals surface area contributed by atoms with Crippen molar-refractivity contribution in [1.82, 2.24) is 0 Å². The van der Waals surface area contributed by atoms with Gasteiger partial charge in [0.2, 0.25) is 5.91 Å². The quantitative estimate of drug-likeness (QED) is 0.707. The van der Waals surface area contributed by atoms with Gasteiger partial charge in [0.1, 0.15) is 5.75 Å². The van der Waals surface area contributed by atoms with Crippen molar-refractivity contribution in [3.63, 3.8) is 0 Å². The van der Waals surface area contributed by atoms with Crippen LogP contribution in [0.15, 0.2) is 24.3 Å². The zero-order valence-corrected chi connectivity index (χ0v) is 11.4. The number of ether oxygens (including phenoxy) is 1. The van der Waals surface area contributed by atoms with Crippen LogP contribution in [0.4, 0.5) is 5.69 Å². The Labute approximate surface area is 110 Å². The Balaban J connectivity index is 2.22. The van der Waals surface area contributed by atoms with E-state index < -0.39 is 0 Å². The Bertz CT molecular complexity index is 346. The summed E-state index contributed by atoms with van der Waals surface area (Å²) in [4.78, 5) is 11.7. The molecule has 0 saturated carbocycles. The minimum Gasteiger partial charge on any atom is -0.497 e. The first-order chi connectivity index (χ1) is 8.76. The van der Waals surface area contributed by atoms with E-state index in [0.717, 1.165) is 24.3 Å². The maximum atomic E-state index is 11.7. The van der Waals surface area contributed by atoms with Crippen LogP contribution >= 0.6 is 0 Å². The number of methoxy groups -OCH3 is 1. The molecule has 0 aliphatic rings. The molecule has 1 amide bonds. The van der Waals surface area contributed by atoms with Gasteiger partial charge in [-0.3, -0.25) is 4.79 Å². The molecule has 0 heterocycles. The molecule has 0 unspecified atom stereocenters. The van der Waals surface area contributed by atoms with Gasteiger partial charge in [0, 0.05) is 12.1 Å². The molecule has 0 fully saturated rings. The predicted molar refractivity (Wildman–Crippen MR) is 75.0 cm³/mol. The lowest BCUT2D eigenvalue weighted by Gasteiger charge is -2.06. The SMILES string of the molecule is CCCCCCCC(=O)Nc1ccc(OC)cc1. The number of anilines is 1. The summed E-state index contributed by atoms with van der Waals surface area (Å²) in [5, 5.41) is 2.89. The van der Waals surface area contributed by atoms with Crippen LogP contribution in [0.5, 0.6) is 5.75 Å². The minimum atomic E-state index is 0.0941. The van der Waals surface area contributed by atoms with Crippen molar-refractivity contribution in [2.45, 2.75) is 45.4 Å². The third kappa shape index (κ3) is 5.71. The predicted octanol–water partition coefficient (Wildman–Crippen LogP) is 3.99. The number of unbranched alkanes of at least 4 members (excludes halogenated alkanes) is 4. The van der Waals surface area contributed by atoms with Crippen LogP contribution in [0.3, 0.4) is 0 Å². The first kappa shape index (κ1) is 14.6. The topological polar surface area (TPSA) is 38.3 Å². The van der Waals surface area contributed by atoms with Crippen LogP contribution in [-0.2, 0) is 4.79 Å². The zero-order valence-electron chi connectivity index (χ0n) is 11.4. The third-order valence-corrected chi connectivity index (χ3v) is 2.88. The van der Waals surface area contributed by atoms with Crippen LogP contribution < -0.4 is 10.1 Å². The van der Waals surface area contributed by atoms with Gasteiger partial charge in [0.05, 0.1) is 7.11 Å². The fourth-order valence-electron chi connectivity index (χ4n) is 1.79. The van der Waals surface area contributed by atoms with Crippen LogP contribution in [0.25, 0.3) is 0 Å². The van der Waals surface area contributed by atoms with Crippen molar-refractivity contribution >= 4 is 11.6 Å². The van der Waals surface area contributed by atoms with E-state index in [1.54, 1.807) is 7.11 Å². The molecular weight excluding hydrogens is 226 g/mol. The van der Waals surface area contributed by atoms with Gasteiger partial charge >= 0.3 is 0 Å². The lowest BCUT2D eigenvalue weighted by Crippen LogP contribution is -2.10. The monoisotopic (exact) mass is 249 g/mol. The number of amides is 1. The van der Waals surface area contributed by atoms with E-state index >= 15 is 0 Å². The van der Waals surface area contributed by atoms with Crippen molar-refractivity contribution in [2.24, 2.45) is 0 Å². The van der Waals surface area contributed by atoms with Crippen molar-refractivity contribution < 1.29 is 9.53 Å². The average molecular weight is 249 g/mol. The summed E-state index contributed by atoms with van der Waals surface area (Å²) in [6.07, 6.45) is 6.45. The van der Waals surface area contributed by atoms with E-state index in [2.05, 4.69) is 12.2 Å². The molecule has 0 radical (unpaired) electrons. The number of nitrogens with one attached hydrogen (secondary N) is 1. The molecule has 0 aliphatic heterocycles. The van der Waals surface area contributed by atoms with Crippen molar-refractivity contribution in [2.75, 3.05) is 12.4 Å². The molecular formula is C15H23NO2. The van der Waals surface area contributed by atoms with Gasteiger partial charge in [-0.05, 0) is 30.7 Å². The van der Waals surface area contributed by atoms with Gasteiger partial charge in [-0.1, -0.05) is 32.6 Å². The second-order valence-corrected chi connectivity index (χ2v) is 4.44. The van der Waals surface area contributed by atoms with Crippen molar-refractivity contribution in [3.8, 4) is 5.75 Å². The summed E-state index contributed by atoms with van der Waals surface area (Å²) in [5.74, 6) is 0.893. The van der Waals surface area contributed by atoms with E-state index in [0.29, 0.717) is 6.42 Å². The fourth-order valence-corrected chi connectivity index (χ4v) is 1.79. The normalized spacial score (nSPS) is 10.1. The Morgan fingerprint density at radius 3 is 2.39 bits per heavy atom. The fraction of sp³-hybridized carbons (Fsp3) is 0.533. The molecule has 0 spiro atoms. The molecule has 18 heavy (non-hydrogen) atoms. The minimum absolute atomic E-state index is 0.0941. The Hall–Kier alpha value is -1.51. The number of carbonyl (C=O) groups excluding carboxylic acids is 1. The molecule has 3 heteroatoms. The third-order valence-electron chi connectivity index (χ3n) is 2.88. The summed E-state index contributed by atoms with van der Waals surface area (Å²) in [5.41, 5.74) is 0.828. The second kappa shape index (κ2) is 8.56. The first-order valence-electron chi connectivity index (χ1n) is 6.70. The molecule has 3 nitrogen and oxygen atoms in total. The highest BCUT2D eigenvalue weighted by Crippen LogP contribution is 2.15. The zero-order chi connectivity index (χ0) is 13.2. The van der Waals surface area contributed by atoms with Gasteiger partial charge in [-0.15, -0.1) is 0 Å². The maximum Gasteiger partial charge on any atom is 0.224 e. The second-order valence-electron chi connectivity index (χ2n) is 4.44. The lowest BCUT2D eigenvalue weighted by atomic mass is 10.1. The van der Waals surface area contributed by atoms with Crippen LogP contribution in [0.2, 0.25) is 0 Å². The summed E-state index contributed by atoms with van der Waals surface area (Å²) >= 11 is 0. The molecule has 0 atom stereocenters. The van der Waals surface area contributed by atoms with E-state index in [1.807, 2.05) is 24.3 Å². The summed E-state index contributed by atoms with van der Waals surface area (Å²) < 4.78 is 5.06. The van der Waals surface area contributed by atoms with Crippen molar-refractivity contribution in [1.29, 1.82) is 0 Å². The van der Waals surface area contributed by atoms with Gasteiger partial charge in [-0.2, -0.15) is 0 Å². The van der Waals surface area contributed by atoms with Crippen LogP contribution in [-0.4, -0.2) is 13.0 Å². The van der Waals surface area contributed by atoms with E-state index in [4.69, 9.17) is 4.74 Å². The lowest BCUT2D eigenvalue weighted by molar-refractivity contribution is -0.116. The highest BCUT2D eigenvalue weighted by atomic mass is 16.5. The summed E-state index contributed by atoms with van der Waals surface area (Å²) in [6.45, 7) is 2.19. The highest BCUT2D eigenvalue weighted by Gasteiger charge is 2.02. The van der Waals surface area contributed by atoms with Gasteiger partial charge in [0.15, 0.2) is 0 Å². The molecule has 0 aliphatic carbocycles. The number of rotatable bonds is 8. The van der Waals surface area contributed by atoms with Crippen LogP contribution in [0, 0.1) is 0 Å². The summed E-state index contributed by atoms with van der Waals surface area (Å²) in [6, 6.07) is 7.40. The smallest absolute Gasteiger partial charge is 0.224 e.